The maximum absolute atomic E-state index is 12.8. The number of nitrogens with two attached hydrogens (primary N) is 2. The smallest absolute Gasteiger partial charge is 0.251 e. The van der Waals surface area contributed by atoms with Gasteiger partial charge in [0, 0.05) is 56.9 Å². The van der Waals surface area contributed by atoms with Crippen molar-refractivity contribution in [1.82, 2.24) is 25.8 Å². The minimum Gasteiger partial charge on any atom is -0.450 e. The predicted octanol–water partition coefficient (Wildman–Crippen LogP) is -0.0883. The number of carbonyl (C=O) groups excluding carboxylic acids is 1. The van der Waals surface area contributed by atoms with Crippen LogP contribution in [0.1, 0.15) is 48.9 Å². The van der Waals surface area contributed by atoms with Gasteiger partial charge in [-0.3, -0.25) is 9.79 Å². The number of amides is 1. The third-order valence-electron chi connectivity index (χ3n) is 8.05. The third-order valence-corrected chi connectivity index (χ3v) is 8.05. The number of piperazine rings is 1. The molecule has 1 atom stereocenters. The monoisotopic (exact) mass is 568 g/mol. The summed E-state index contributed by atoms with van der Waals surface area (Å²) in [5.74, 6) is 1.66. The fourth-order valence-electron chi connectivity index (χ4n) is 5.79. The molecule has 13 nitrogen and oxygen atoms in total. The first-order valence-electron chi connectivity index (χ1n) is 14.8. The molecular weight excluding hydrogens is 524 g/mol. The van der Waals surface area contributed by atoms with Crippen molar-refractivity contribution in [3.05, 3.63) is 35.7 Å². The van der Waals surface area contributed by atoms with E-state index in [0.29, 0.717) is 47.7 Å². The Morgan fingerprint density at radius 1 is 1.15 bits per heavy atom. The number of carbonyl (C=O) groups is 1. The maximum Gasteiger partial charge on any atom is 0.251 e. The molecule has 1 saturated carbocycles. The molecule has 41 heavy (non-hydrogen) atoms. The van der Waals surface area contributed by atoms with E-state index in [-0.39, 0.29) is 17.9 Å². The lowest BCUT2D eigenvalue weighted by Gasteiger charge is -2.40. The maximum atomic E-state index is 12.8. The number of rotatable bonds is 11. The minimum atomic E-state index is -0.998. The summed E-state index contributed by atoms with van der Waals surface area (Å²) < 4.78 is 6.15. The number of aliphatic hydroxyl groups excluding tert-OH is 1. The van der Waals surface area contributed by atoms with Gasteiger partial charge in [0.25, 0.3) is 5.91 Å². The molecule has 9 N–H and O–H groups in total. The Morgan fingerprint density at radius 3 is 2.73 bits per heavy atom. The van der Waals surface area contributed by atoms with Crippen LogP contribution >= 0.6 is 0 Å². The van der Waals surface area contributed by atoms with Crippen molar-refractivity contribution < 1.29 is 14.6 Å². The fourth-order valence-corrected chi connectivity index (χ4v) is 5.79. The van der Waals surface area contributed by atoms with Crippen molar-refractivity contribution in [3.8, 4) is 5.75 Å². The third kappa shape index (κ3) is 7.88. The molecule has 5 rings (SSSR count). The molecular formula is C28H44N10O3. The first-order valence-corrected chi connectivity index (χ1v) is 14.8. The molecule has 1 amide bonds. The van der Waals surface area contributed by atoms with E-state index in [1.807, 2.05) is 11.1 Å². The van der Waals surface area contributed by atoms with Crippen LogP contribution < -0.4 is 37.5 Å². The first kappa shape index (κ1) is 29.1. The van der Waals surface area contributed by atoms with E-state index in [9.17, 15) is 9.90 Å². The van der Waals surface area contributed by atoms with Gasteiger partial charge in [-0.1, -0.05) is 0 Å². The molecule has 1 unspecified atom stereocenters. The normalized spacial score (nSPS) is 24.1. The van der Waals surface area contributed by atoms with E-state index in [1.54, 1.807) is 18.2 Å². The highest BCUT2D eigenvalue weighted by Crippen LogP contribution is 2.35. The van der Waals surface area contributed by atoms with Crippen LogP contribution in [0.15, 0.2) is 40.1 Å². The molecule has 3 aliphatic heterocycles. The Balaban J connectivity index is 1.10. The summed E-state index contributed by atoms with van der Waals surface area (Å²) in [6, 6.07) is 5.96. The quantitative estimate of drug-likeness (QED) is 0.108. The molecule has 1 aromatic carbocycles. The lowest BCUT2D eigenvalue weighted by atomic mass is 9.90. The molecule has 3 heterocycles. The number of hydrogen-bond donors (Lipinski definition) is 7. The first-order chi connectivity index (χ1) is 20.0. The lowest BCUT2D eigenvalue weighted by molar-refractivity contribution is 0.000393. The molecule has 1 aliphatic carbocycles. The summed E-state index contributed by atoms with van der Waals surface area (Å²) in [4.78, 5) is 25.6. The van der Waals surface area contributed by atoms with Crippen LogP contribution in [0, 0.1) is 0 Å². The predicted molar refractivity (Wildman–Crippen MR) is 160 cm³/mol. The summed E-state index contributed by atoms with van der Waals surface area (Å²) in [5.41, 5.74) is 11.9. The number of guanidine groups is 1. The Morgan fingerprint density at radius 2 is 1.95 bits per heavy atom. The van der Waals surface area contributed by atoms with Crippen molar-refractivity contribution in [2.24, 2.45) is 21.5 Å². The zero-order valence-electron chi connectivity index (χ0n) is 23.6. The highest BCUT2D eigenvalue weighted by atomic mass is 16.5. The van der Waals surface area contributed by atoms with Crippen molar-refractivity contribution in [2.75, 3.05) is 57.7 Å². The zero-order chi connectivity index (χ0) is 28.6. The topological polar surface area (TPSA) is 178 Å². The van der Waals surface area contributed by atoms with Crippen LogP contribution in [0.2, 0.25) is 0 Å². The minimum absolute atomic E-state index is 0.119. The Hall–Kier alpha value is -3.39. The number of amidine groups is 1. The highest BCUT2D eigenvalue weighted by molar-refractivity contribution is 6.10. The van der Waals surface area contributed by atoms with Gasteiger partial charge in [-0.25, -0.2) is 4.99 Å². The molecule has 0 spiro atoms. The number of anilines is 1. The number of fused-ring (bicyclic) bond motifs is 2. The van der Waals surface area contributed by atoms with Gasteiger partial charge >= 0.3 is 0 Å². The van der Waals surface area contributed by atoms with E-state index >= 15 is 0 Å². The second kappa shape index (κ2) is 14.0. The fraction of sp³-hybridized carbons (Fsp3) is 0.607. The van der Waals surface area contributed by atoms with Gasteiger partial charge in [0.05, 0.1) is 11.9 Å². The average molecular weight is 569 g/mol. The van der Waals surface area contributed by atoms with Crippen molar-refractivity contribution in [2.45, 2.75) is 57.0 Å². The molecule has 4 aliphatic rings. The number of aliphatic hydroxyl groups is 1. The van der Waals surface area contributed by atoms with Gasteiger partial charge in [-0.2, -0.15) is 0 Å². The number of benzene rings is 1. The highest BCUT2D eigenvalue weighted by Gasteiger charge is 2.34. The Labute approximate surface area is 241 Å². The second-order valence-corrected chi connectivity index (χ2v) is 11.0. The number of aliphatic imine (C=N–C) groups is 2. The summed E-state index contributed by atoms with van der Waals surface area (Å²) in [5, 5.41) is 24.1. The summed E-state index contributed by atoms with van der Waals surface area (Å²) >= 11 is 0. The van der Waals surface area contributed by atoms with Crippen LogP contribution in [-0.2, 0) is 0 Å². The average Bonchev–Trinajstić information content (AvgIpc) is 2.98. The van der Waals surface area contributed by atoms with Gasteiger partial charge in [0.15, 0.2) is 23.3 Å². The lowest BCUT2D eigenvalue weighted by Crippen LogP contribution is -2.47. The second-order valence-electron chi connectivity index (χ2n) is 11.0. The van der Waals surface area contributed by atoms with Crippen LogP contribution in [0.3, 0.4) is 0 Å². The SMILES string of the molecule is NC(N)=NCCCNC1CCC(N2C=C3Oc4ccc(C(=O)NCCCN5CCNCC5)cc4NC3=NC2O)CC1. The van der Waals surface area contributed by atoms with Crippen molar-refractivity contribution in [1.29, 1.82) is 0 Å². The molecule has 224 valence electrons. The molecule has 1 saturated heterocycles. The molecule has 0 bridgehead atoms. The molecule has 13 heteroatoms. The standard InChI is InChI=1S/C28H44N10O3/c29-27(30)34-10-1-9-32-20-4-6-21(7-5-20)38-18-24-25(36-28(38)40)35-22-17-19(3-8-23(22)41-24)26(39)33-11-2-14-37-15-12-31-13-16-37/h3,8,17-18,20-21,28,31-32,40H,1-2,4-7,9-16H2,(H,33,39)(H,35,36)(H4,29,30,34). The Bertz CT molecular complexity index is 1140. The summed E-state index contributed by atoms with van der Waals surface area (Å²) in [6.07, 6.45) is 6.57. The number of hydrogen-bond acceptors (Lipinski definition) is 10. The van der Waals surface area contributed by atoms with Gasteiger partial charge in [-0.05, 0) is 69.8 Å². The van der Waals surface area contributed by atoms with Crippen LogP contribution in [0.5, 0.6) is 5.75 Å². The van der Waals surface area contributed by atoms with Crippen molar-refractivity contribution in [3.63, 3.8) is 0 Å². The van der Waals surface area contributed by atoms with Crippen molar-refractivity contribution >= 4 is 23.4 Å². The molecule has 0 aromatic heterocycles. The summed E-state index contributed by atoms with van der Waals surface area (Å²) in [7, 11) is 0. The largest absolute Gasteiger partial charge is 0.450 e. The van der Waals surface area contributed by atoms with Crippen LogP contribution in [0.25, 0.3) is 0 Å². The van der Waals surface area contributed by atoms with Gasteiger partial charge in [0.1, 0.15) is 0 Å². The van der Waals surface area contributed by atoms with E-state index in [4.69, 9.17) is 16.2 Å². The van der Waals surface area contributed by atoms with Crippen LogP contribution in [0.4, 0.5) is 5.69 Å². The summed E-state index contributed by atoms with van der Waals surface area (Å²) in [6.45, 7) is 7.27. The van der Waals surface area contributed by atoms with Gasteiger partial charge in [0.2, 0.25) is 6.35 Å². The van der Waals surface area contributed by atoms with Crippen LogP contribution in [-0.4, -0.2) is 103 Å². The van der Waals surface area contributed by atoms with Gasteiger partial charge < -0.3 is 52.4 Å². The molecule has 0 radical (unpaired) electrons. The Kier molecular flexibility index (Phi) is 9.93. The van der Waals surface area contributed by atoms with Gasteiger partial charge in [-0.15, -0.1) is 0 Å². The number of ether oxygens (including phenoxy) is 1. The van der Waals surface area contributed by atoms with E-state index in [1.165, 1.54) is 0 Å². The number of nitrogens with one attached hydrogen (secondary N) is 4. The molecule has 2 fully saturated rings. The van der Waals surface area contributed by atoms with E-state index in [2.05, 4.69) is 36.2 Å². The number of nitrogens with zero attached hydrogens (tertiary/aromatic N) is 4. The van der Waals surface area contributed by atoms with E-state index in [0.717, 1.165) is 77.8 Å². The zero-order valence-corrected chi connectivity index (χ0v) is 23.6. The molecule has 1 aromatic rings. The van der Waals surface area contributed by atoms with E-state index < -0.39 is 6.35 Å².